The number of hydrogen-bond donors (Lipinski definition) is 1. The molecule has 1 N–H and O–H groups in total. The van der Waals surface area contributed by atoms with Gasteiger partial charge in [-0.3, -0.25) is 9.59 Å². The van der Waals surface area contributed by atoms with E-state index in [1.165, 1.54) is 11.8 Å². The molecule has 5 nitrogen and oxygen atoms in total. The maximum Gasteiger partial charge on any atom is 0.315 e. The van der Waals surface area contributed by atoms with Crippen molar-refractivity contribution in [2.24, 2.45) is 0 Å². The van der Waals surface area contributed by atoms with Crippen LogP contribution < -0.4 is 10.1 Å². The van der Waals surface area contributed by atoms with Crippen LogP contribution in [0.15, 0.2) is 24.3 Å². The van der Waals surface area contributed by atoms with E-state index in [1.54, 1.807) is 33.1 Å². The lowest BCUT2D eigenvalue weighted by atomic mass is 10.3. The average molecular weight is 297 g/mol. The van der Waals surface area contributed by atoms with E-state index < -0.39 is 0 Å². The zero-order valence-electron chi connectivity index (χ0n) is 11.8. The molecular formula is C14H19NO4S. The molecule has 0 saturated heterocycles. The number of hydrogen-bond acceptors (Lipinski definition) is 5. The van der Waals surface area contributed by atoms with Crippen molar-refractivity contribution in [3.8, 4) is 5.75 Å². The minimum atomic E-state index is -0.357. The lowest BCUT2D eigenvalue weighted by molar-refractivity contribution is -0.139. The molecular weight excluding hydrogens is 278 g/mol. The molecule has 0 radical (unpaired) electrons. The van der Waals surface area contributed by atoms with Gasteiger partial charge in [0.25, 0.3) is 0 Å². The highest BCUT2D eigenvalue weighted by molar-refractivity contribution is 8.01. The molecule has 1 amide bonds. The smallest absolute Gasteiger partial charge is 0.315 e. The summed E-state index contributed by atoms with van der Waals surface area (Å²) in [6.07, 6.45) is 0. The van der Waals surface area contributed by atoms with Gasteiger partial charge >= 0.3 is 5.97 Å². The normalized spacial score (nSPS) is 11.6. The van der Waals surface area contributed by atoms with Gasteiger partial charge in [-0.05, 0) is 26.0 Å². The third kappa shape index (κ3) is 5.13. The molecule has 1 aromatic carbocycles. The fourth-order valence-electron chi connectivity index (χ4n) is 1.45. The summed E-state index contributed by atoms with van der Waals surface area (Å²) in [5.41, 5.74) is 0.614. The largest absolute Gasteiger partial charge is 0.495 e. The predicted molar refractivity (Wildman–Crippen MR) is 80.2 cm³/mol. The van der Waals surface area contributed by atoms with Crippen LogP contribution in [0.4, 0.5) is 5.69 Å². The van der Waals surface area contributed by atoms with Crippen molar-refractivity contribution in [3.05, 3.63) is 24.3 Å². The standard InChI is InChI=1S/C14H19NO4S/c1-4-19-13(16)9-20-10(2)14(17)15-11-7-5-6-8-12(11)18-3/h5-8,10H,4,9H2,1-3H3,(H,15,17)/t10-/m1/s1. The lowest BCUT2D eigenvalue weighted by Gasteiger charge is -2.13. The van der Waals surface area contributed by atoms with Crippen molar-refractivity contribution in [1.82, 2.24) is 0 Å². The summed E-state index contributed by atoms with van der Waals surface area (Å²) in [5.74, 6) is 0.274. The number of ether oxygens (including phenoxy) is 2. The Morgan fingerprint density at radius 2 is 2.05 bits per heavy atom. The van der Waals surface area contributed by atoms with E-state index in [0.29, 0.717) is 18.0 Å². The predicted octanol–water partition coefficient (Wildman–Crippen LogP) is 2.32. The number of anilines is 1. The van der Waals surface area contributed by atoms with E-state index in [9.17, 15) is 9.59 Å². The monoisotopic (exact) mass is 297 g/mol. The van der Waals surface area contributed by atoms with Gasteiger partial charge in [-0.25, -0.2) is 0 Å². The van der Waals surface area contributed by atoms with Gasteiger partial charge in [-0.15, -0.1) is 11.8 Å². The highest BCUT2D eigenvalue weighted by Crippen LogP contribution is 2.24. The fourth-order valence-corrected chi connectivity index (χ4v) is 2.13. The van der Waals surface area contributed by atoms with Crippen LogP contribution >= 0.6 is 11.8 Å². The fraction of sp³-hybridized carbons (Fsp3) is 0.429. The first-order chi connectivity index (χ1) is 9.58. The molecule has 0 heterocycles. The Balaban J connectivity index is 2.51. The first kappa shape index (κ1) is 16.4. The summed E-state index contributed by atoms with van der Waals surface area (Å²) < 4.78 is 9.98. The summed E-state index contributed by atoms with van der Waals surface area (Å²) in [7, 11) is 1.55. The zero-order valence-corrected chi connectivity index (χ0v) is 12.7. The molecule has 1 aromatic rings. The van der Waals surface area contributed by atoms with E-state index in [-0.39, 0.29) is 22.9 Å². The third-order valence-electron chi connectivity index (χ3n) is 2.49. The molecule has 0 aromatic heterocycles. The SMILES string of the molecule is CCOC(=O)CS[C@H](C)C(=O)Nc1ccccc1OC. The maximum absolute atomic E-state index is 12.0. The van der Waals surface area contributed by atoms with Crippen molar-refractivity contribution in [1.29, 1.82) is 0 Å². The molecule has 20 heavy (non-hydrogen) atoms. The van der Waals surface area contributed by atoms with Crippen molar-refractivity contribution >= 4 is 29.3 Å². The van der Waals surface area contributed by atoms with Gasteiger partial charge in [0.15, 0.2) is 0 Å². The Bertz CT molecular complexity index is 464. The number of thioether (sulfide) groups is 1. The van der Waals surface area contributed by atoms with Crippen LogP contribution in [0.5, 0.6) is 5.75 Å². The van der Waals surface area contributed by atoms with Crippen LogP contribution in [-0.4, -0.2) is 36.6 Å². The van der Waals surface area contributed by atoms with Crippen LogP contribution in [0.3, 0.4) is 0 Å². The number of carbonyl (C=O) groups excluding carboxylic acids is 2. The number of carbonyl (C=O) groups is 2. The maximum atomic E-state index is 12.0. The molecule has 0 fully saturated rings. The second-order valence-corrected chi connectivity index (χ2v) is 5.28. The number of nitrogens with one attached hydrogen (secondary N) is 1. The number of methoxy groups -OCH3 is 1. The van der Waals surface area contributed by atoms with Crippen molar-refractivity contribution < 1.29 is 19.1 Å². The van der Waals surface area contributed by atoms with Crippen molar-refractivity contribution in [2.45, 2.75) is 19.1 Å². The van der Waals surface area contributed by atoms with Crippen LogP contribution in [-0.2, 0) is 14.3 Å². The molecule has 0 aliphatic heterocycles. The van der Waals surface area contributed by atoms with Gasteiger partial charge in [0.05, 0.1) is 30.4 Å². The molecule has 0 aliphatic carbocycles. The first-order valence-electron chi connectivity index (χ1n) is 6.29. The number of rotatable bonds is 7. The Labute approximate surface area is 123 Å². The molecule has 0 saturated carbocycles. The highest BCUT2D eigenvalue weighted by atomic mass is 32.2. The van der Waals surface area contributed by atoms with Crippen LogP contribution in [0.25, 0.3) is 0 Å². The quantitative estimate of drug-likeness (QED) is 0.782. The van der Waals surface area contributed by atoms with Gasteiger partial charge in [-0.2, -0.15) is 0 Å². The molecule has 6 heteroatoms. The molecule has 0 unspecified atom stereocenters. The summed E-state index contributed by atoms with van der Waals surface area (Å²) in [4.78, 5) is 23.2. The van der Waals surface area contributed by atoms with Crippen LogP contribution in [0.2, 0.25) is 0 Å². The Morgan fingerprint density at radius 1 is 1.35 bits per heavy atom. The van der Waals surface area contributed by atoms with E-state index >= 15 is 0 Å². The molecule has 110 valence electrons. The number of esters is 1. The second kappa shape index (κ2) is 8.47. The summed E-state index contributed by atoms with van der Waals surface area (Å²) in [6, 6.07) is 7.17. The summed E-state index contributed by atoms with van der Waals surface area (Å²) >= 11 is 1.24. The van der Waals surface area contributed by atoms with E-state index in [2.05, 4.69) is 5.32 Å². The Kier molecular flexibility index (Phi) is 6.93. The lowest BCUT2D eigenvalue weighted by Crippen LogP contribution is -2.24. The molecule has 0 aliphatic rings. The Hall–Kier alpha value is -1.69. The van der Waals surface area contributed by atoms with Gasteiger partial charge in [0, 0.05) is 0 Å². The summed E-state index contributed by atoms with van der Waals surface area (Å²) in [5, 5.41) is 2.42. The summed E-state index contributed by atoms with van der Waals surface area (Å²) in [6.45, 7) is 3.84. The number of para-hydroxylation sites is 2. The topological polar surface area (TPSA) is 64.6 Å². The van der Waals surface area contributed by atoms with Crippen molar-refractivity contribution in [2.75, 3.05) is 24.8 Å². The molecule has 0 bridgehead atoms. The molecule has 1 rings (SSSR count). The minimum Gasteiger partial charge on any atom is -0.495 e. The Morgan fingerprint density at radius 3 is 2.70 bits per heavy atom. The second-order valence-electron chi connectivity index (χ2n) is 3.95. The molecule has 1 atom stereocenters. The van der Waals surface area contributed by atoms with Gasteiger partial charge < -0.3 is 14.8 Å². The number of benzene rings is 1. The third-order valence-corrected chi connectivity index (χ3v) is 3.61. The highest BCUT2D eigenvalue weighted by Gasteiger charge is 2.17. The van der Waals surface area contributed by atoms with Crippen LogP contribution in [0.1, 0.15) is 13.8 Å². The van der Waals surface area contributed by atoms with Crippen LogP contribution in [0, 0.1) is 0 Å². The van der Waals surface area contributed by atoms with Gasteiger partial charge in [-0.1, -0.05) is 12.1 Å². The van der Waals surface area contributed by atoms with E-state index in [4.69, 9.17) is 9.47 Å². The minimum absolute atomic E-state index is 0.161. The number of amides is 1. The molecule has 0 spiro atoms. The van der Waals surface area contributed by atoms with E-state index in [0.717, 1.165) is 0 Å². The zero-order chi connectivity index (χ0) is 15.0. The van der Waals surface area contributed by atoms with Gasteiger partial charge in [0.2, 0.25) is 5.91 Å². The first-order valence-corrected chi connectivity index (χ1v) is 7.34. The van der Waals surface area contributed by atoms with Gasteiger partial charge in [0.1, 0.15) is 5.75 Å². The average Bonchev–Trinajstić information content (AvgIpc) is 2.45. The van der Waals surface area contributed by atoms with Crippen molar-refractivity contribution in [3.63, 3.8) is 0 Å². The van der Waals surface area contributed by atoms with E-state index in [1.807, 2.05) is 12.1 Å².